The molecule has 4 aliphatic rings. The van der Waals surface area contributed by atoms with E-state index in [1.165, 1.54) is 0 Å². The number of carbonyl (C=O) groups is 1. The fourth-order valence-corrected chi connectivity index (χ4v) is 6.71. The number of hydrogen-bond donors (Lipinski definition) is 1. The molecule has 8 nitrogen and oxygen atoms in total. The minimum absolute atomic E-state index is 0.155. The molecule has 2 aliphatic heterocycles. The van der Waals surface area contributed by atoms with Crippen molar-refractivity contribution >= 4 is 6.03 Å². The lowest BCUT2D eigenvalue weighted by atomic mass is 9.85. The topological polar surface area (TPSA) is 77.7 Å². The van der Waals surface area contributed by atoms with Gasteiger partial charge in [0, 0.05) is 70.6 Å². The van der Waals surface area contributed by atoms with Crippen molar-refractivity contribution in [1.29, 1.82) is 0 Å². The van der Waals surface area contributed by atoms with Crippen molar-refractivity contribution in [2.24, 2.45) is 11.8 Å². The van der Waals surface area contributed by atoms with Crippen LogP contribution in [0.15, 0.2) is 4.52 Å². The Hall–Kier alpha value is -1.81. The number of halogens is 2. The molecule has 2 saturated carbocycles. The van der Waals surface area contributed by atoms with Gasteiger partial charge in [-0.2, -0.15) is 4.98 Å². The van der Waals surface area contributed by atoms with Gasteiger partial charge in [0.2, 0.25) is 5.89 Å². The fraction of sp³-hybridized carbons (Fsp3) is 0.875. The van der Waals surface area contributed by atoms with Gasteiger partial charge in [-0.3, -0.25) is 9.80 Å². The van der Waals surface area contributed by atoms with Crippen LogP contribution in [0, 0.1) is 18.8 Å². The molecule has 2 amide bonds. The number of nitrogens with zero attached hydrogens (tertiary/aromatic N) is 5. The van der Waals surface area contributed by atoms with Crippen LogP contribution in [0.2, 0.25) is 0 Å². The van der Waals surface area contributed by atoms with Crippen molar-refractivity contribution in [2.45, 2.75) is 82.8 Å². The number of likely N-dealkylation sites (tertiary alicyclic amines) is 1. The number of amides is 2. The number of alkyl halides is 2. The van der Waals surface area contributed by atoms with Crippen LogP contribution in [0.1, 0.15) is 63.6 Å². The van der Waals surface area contributed by atoms with E-state index in [9.17, 15) is 4.79 Å². The van der Waals surface area contributed by atoms with Crippen molar-refractivity contribution < 1.29 is 18.1 Å². The molecule has 0 spiro atoms. The first kappa shape index (κ1) is 23.9. The molecule has 1 aromatic heterocycles. The SMILES string of the molecule is Cc1nc([C@@H]2C[C@@H]3CN(C(=O)N[C@@H]4[C@@H](N5CCN(C(C)C)CC5)CCCC4(F)F)C[C@@H]3C2)no1. The highest BCUT2D eigenvalue weighted by atomic mass is 19.3. The molecule has 4 fully saturated rings. The average molecular weight is 481 g/mol. The molecule has 1 aromatic rings. The summed E-state index contributed by atoms with van der Waals surface area (Å²) in [6.45, 7) is 10.7. The van der Waals surface area contributed by atoms with Crippen molar-refractivity contribution in [3.63, 3.8) is 0 Å². The number of rotatable bonds is 4. The number of urea groups is 1. The molecular formula is C24H38F2N6O2. The monoisotopic (exact) mass is 480 g/mol. The van der Waals surface area contributed by atoms with Crippen LogP contribution < -0.4 is 5.32 Å². The molecule has 2 aliphatic carbocycles. The van der Waals surface area contributed by atoms with E-state index in [-0.39, 0.29) is 24.4 Å². The molecule has 0 bridgehead atoms. The number of hydrogen-bond acceptors (Lipinski definition) is 6. The van der Waals surface area contributed by atoms with E-state index in [1.807, 2.05) is 0 Å². The van der Waals surface area contributed by atoms with Gasteiger partial charge in [0.05, 0.1) is 0 Å². The second-order valence-electron chi connectivity index (χ2n) is 11.1. The Morgan fingerprint density at radius 3 is 2.41 bits per heavy atom. The lowest BCUT2D eigenvalue weighted by Gasteiger charge is -2.47. The second-order valence-corrected chi connectivity index (χ2v) is 11.1. The van der Waals surface area contributed by atoms with Gasteiger partial charge in [0.25, 0.3) is 5.92 Å². The number of fused-ring (bicyclic) bond motifs is 1. The summed E-state index contributed by atoms with van der Waals surface area (Å²) in [4.78, 5) is 23.9. The Balaban J connectivity index is 1.20. The second kappa shape index (κ2) is 9.33. The smallest absolute Gasteiger partial charge is 0.317 e. The Morgan fingerprint density at radius 1 is 1.15 bits per heavy atom. The highest BCUT2D eigenvalue weighted by molar-refractivity contribution is 5.75. The standard InChI is InChI=1S/C24H38F2N6O2/c1-15(2)30-7-9-31(10-8-30)20-5-4-6-24(25,26)21(20)28-23(33)32-13-18-11-17(12-19(18)14-32)22-27-16(3)34-29-22/h15,17-21H,4-14H2,1-3H3,(H,28,33)/t17-,18-,19+,20-,21+/m0/s1. The van der Waals surface area contributed by atoms with E-state index < -0.39 is 12.0 Å². The quantitative estimate of drug-likeness (QED) is 0.714. The molecule has 10 heteroatoms. The Kier molecular flexibility index (Phi) is 6.56. The predicted molar refractivity (Wildman–Crippen MR) is 123 cm³/mol. The van der Waals surface area contributed by atoms with Crippen LogP contribution in [0.4, 0.5) is 13.6 Å². The maximum Gasteiger partial charge on any atom is 0.317 e. The number of carbonyl (C=O) groups excluding carboxylic acids is 1. The number of piperazine rings is 1. The van der Waals surface area contributed by atoms with E-state index in [2.05, 4.69) is 39.1 Å². The first-order chi connectivity index (χ1) is 16.2. The van der Waals surface area contributed by atoms with Crippen molar-refractivity contribution in [1.82, 2.24) is 30.2 Å². The van der Waals surface area contributed by atoms with E-state index in [4.69, 9.17) is 4.52 Å². The van der Waals surface area contributed by atoms with Crippen LogP contribution in [-0.4, -0.2) is 94.2 Å². The molecule has 0 unspecified atom stereocenters. The highest BCUT2D eigenvalue weighted by Crippen LogP contribution is 2.45. The van der Waals surface area contributed by atoms with Gasteiger partial charge in [0.1, 0.15) is 6.04 Å². The maximum absolute atomic E-state index is 15.1. The summed E-state index contributed by atoms with van der Waals surface area (Å²) in [6, 6.07) is -1.31. The van der Waals surface area contributed by atoms with Crippen LogP contribution in [0.5, 0.6) is 0 Å². The maximum atomic E-state index is 15.1. The lowest BCUT2D eigenvalue weighted by molar-refractivity contribution is -0.0971. The van der Waals surface area contributed by atoms with Gasteiger partial charge in [0.15, 0.2) is 5.82 Å². The molecule has 2 saturated heterocycles. The first-order valence-electron chi connectivity index (χ1n) is 12.9. The average Bonchev–Trinajstić information content (AvgIpc) is 3.49. The van der Waals surface area contributed by atoms with Crippen LogP contribution in [0.25, 0.3) is 0 Å². The summed E-state index contributed by atoms with van der Waals surface area (Å²) in [6.07, 6.45) is 2.88. The van der Waals surface area contributed by atoms with Crippen LogP contribution >= 0.6 is 0 Å². The third-order valence-corrected chi connectivity index (χ3v) is 8.62. The summed E-state index contributed by atoms with van der Waals surface area (Å²) in [7, 11) is 0. The normalized spacial score (nSPS) is 34.5. The summed E-state index contributed by atoms with van der Waals surface area (Å²) in [5, 5.41) is 6.88. The van der Waals surface area contributed by atoms with E-state index in [0.717, 1.165) is 44.8 Å². The predicted octanol–water partition coefficient (Wildman–Crippen LogP) is 3.10. The number of aromatic nitrogens is 2. The molecule has 3 heterocycles. The molecule has 5 rings (SSSR count). The lowest BCUT2D eigenvalue weighted by Crippen LogP contribution is -2.65. The Bertz CT molecular complexity index is 857. The van der Waals surface area contributed by atoms with Gasteiger partial charge in [-0.25, -0.2) is 13.6 Å². The molecule has 0 radical (unpaired) electrons. The zero-order valence-electron chi connectivity index (χ0n) is 20.6. The molecule has 5 atom stereocenters. The Morgan fingerprint density at radius 2 is 1.82 bits per heavy atom. The number of nitrogens with one attached hydrogen (secondary N) is 1. The first-order valence-corrected chi connectivity index (χ1v) is 12.9. The molecule has 1 N–H and O–H groups in total. The van der Waals surface area contributed by atoms with Crippen molar-refractivity contribution in [3.8, 4) is 0 Å². The van der Waals surface area contributed by atoms with Gasteiger partial charge in [-0.15, -0.1) is 0 Å². The highest BCUT2D eigenvalue weighted by Gasteiger charge is 2.51. The molecule has 190 valence electrons. The molecular weight excluding hydrogens is 442 g/mol. The third-order valence-electron chi connectivity index (χ3n) is 8.62. The minimum Gasteiger partial charge on any atom is -0.340 e. The summed E-state index contributed by atoms with van der Waals surface area (Å²) < 4.78 is 35.3. The van der Waals surface area contributed by atoms with Gasteiger partial charge in [-0.1, -0.05) is 5.16 Å². The minimum atomic E-state index is -2.88. The van der Waals surface area contributed by atoms with Crippen LogP contribution in [0.3, 0.4) is 0 Å². The molecule has 34 heavy (non-hydrogen) atoms. The third kappa shape index (κ3) is 4.67. The van der Waals surface area contributed by atoms with E-state index >= 15 is 8.78 Å². The van der Waals surface area contributed by atoms with Crippen molar-refractivity contribution in [2.75, 3.05) is 39.3 Å². The fourth-order valence-electron chi connectivity index (χ4n) is 6.71. The van der Waals surface area contributed by atoms with E-state index in [0.29, 0.717) is 49.7 Å². The number of aryl methyl sites for hydroxylation is 1. The zero-order valence-corrected chi connectivity index (χ0v) is 20.6. The summed E-state index contributed by atoms with van der Waals surface area (Å²) in [5.41, 5.74) is 0. The van der Waals surface area contributed by atoms with E-state index in [1.54, 1.807) is 11.8 Å². The zero-order chi connectivity index (χ0) is 24.0. The molecule has 0 aromatic carbocycles. The van der Waals surface area contributed by atoms with Crippen LogP contribution in [-0.2, 0) is 0 Å². The summed E-state index contributed by atoms with van der Waals surface area (Å²) in [5.74, 6) is -0.575. The largest absolute Gasteiger partial charge is 0.340 e. The van der Waals surface area contributed by atoms with Crippen molar-refractivity contribution in [3.05, 3.63) is 11.7 Å². The van der Waals surface area contributed by atoms with Gasteiger partial charge in [-0.05, 0) is 51.4 Å². The summed E-state index contributed by atoms with van der Waals surface area (Å²) >= 11 is 0. The van der Waals surface area contributed by atoms with Gasteiger partial charge < -0.3 is 14.7 Å². The Labute approximate surface area is 200 Å². The van der Waals surface area contributed by atoms with Gasteiger partial charge >= 0.3 is 6.03 Å².